The molecule has 0 aliphatic rings. The van der Waals surface area contributed by atoms with E-state index in [1.165, 1.54) is 12.7 Å². The fourth-order valence-corrected chi connectivity index (χ4v) is 3.07. The lowest BCUT2D eigenvalue weighted by atomic mass is 9.96. The molecule has 0 spiro atoms. The van der Waals surface area contributed by atoms with Gasteiger partial charge >= 0.3 is 5.97 Å². The van der Waals surface area contributed by atoms with Crippen LogP contribution in [0, 0.1) is 5.92 Å². The molecular formula is C24H38O6. The first-order chi connectivity index (χ1) is 14.6. The van der Waals surface area contributed by atoms with Gasteiger partial charge in [-0.3, -0.25) is 4.79 Å². The normalized spacial score (nSPS) is 14.5. The highest BCUT2D eigenvalue weighted by Gasteiger charge is 2.18. The first-order valence-electron chi connectivity index (χ1n) is 10.8. The van der Waals surface area contributed by atoms with E-state index in [-0.39, 0.29) is 43.9 Å². The fourth-order valence-electron chi connectivity index (χ4n) is 3.07. The van der Waals surface area contributed by atoms with E-state index in [0.29, 0.717) is 19.6 Å². The monoisotopic (exact) mass is 422 g/mol. The van der Waals surface area contributed by atoms with E-state index < -0.39 is 0 Å². The van der Waals surface area contributed by atoms with Crippen LogP contribution in [0.5, 0.6) is 0 Å². The number of hydrogen-bond acceptors (Lipinski definition) is 6. The summed E-state index contributed by atoms with van der Waals surface area (Å²) in [5.74, 6) is -0.289. The Morgan fingerprint density at radius 1 is 1.20 bits per heavy atom. The van der Waals surface area contributed by atoms with Gasteiger partial charge in [0, 0.05) is 7.11 Å². The van der Waals surface area contributed by atoms with Gasteiger partial charge in [-0.25, -0.2) is 0 Å². The number of esters is 1. The second kappa shape index (κ2) is 17.0. The number of methoxy groups -OCH3 is 1. The lowest BCUT2D eigenvalue weighted by molar-refractivity contribution is -0.144. The summed E-state index contributed by atoms with van der Waals surface area (Å²) in [5, 5.41) is 9.51. The van der Waals surface area contributed by atoms with E-state index in [0.717, 1.165) is 19.3 Å². The zero-order valence-corrected chi connectivity index (χ0v) is 18.6. The van der Waals surface area contributed by atoms with Crippen LogP contribution in [-0.4, -0.2) is 50.4 Å². The Labute approximate surface area is 181 Å². The number of allylic oxidation sites excluding steroid dienone is 2. The second-order valence-corrected chi connectivity index (χ2v) is 7.35. The number of aliphatic hydroxyl groups is 1. The summed E-state index contributed by atoms with van der Waals surface area (Å²) in [6.07, 6.45) is 7.62. The van der Waals surface area contributed by atoms with Crippen LogP contribution in [0.25, 0.3) is 0 Å². The molecule has 1 N–H and O–H groups in total. The maximum atomic E-state index is 11.9. The van der Waals surface area contributed by atoms with Crippen LogP contribution in [0.4, 0.5) is 0 Å². The maximum absolute atomic E-state index is 11.9. The van der Waals surface area contributed by atoms with E-state index >= 15 is 0 Å². The largest absolute Gasteiger partial charge is 0.466 e. The Morgan fingerprint density at radius 3 is 2.63 bits per heavy atom. The van der Waals surface area contributed by atoms with Gasteiger partial charge in [-0.1, -0.05) is 42.5 Å². The molecule has 6 heteroatoms. The molecular weight excluding hydrogens is 384 g/mol. The Bertz CT molecular complexity index is 574. The number of benzene rings is 1. The maximum Gasteiger partial charge on any atom is 0.306 e. The van der Waals surface area contributed by atoms with Gasteiger partial charge in [0.25, 0.3) is 0 Å². The van der Waals surface area contributed by atoms with E-state index in [9.17, 15) is 9.90 Å². The number of aliphatic hydroxyl groups excluding tert-OH is 1. The summed E-state index contributed by atoms with van der Waals surface area (Å²) in [5.41, 5.74) is 1.18. The zero-order chi connectivity index (χ0) is 22.0. The van der Waals surface area contributed by atoms with Gasteiger partial charge in [-0.2, -0.15) is 0 Å². The van der Waals surface area contributed by atoms with Gasteiger partial charge in [-0.05, 0) is 51.0 Å². The highest BCUT2D eigenvalue weighted by molar-refractivity contribution is 5.69. The van der Waals surface area contributed by atoms with Crippen molar-refractivity contribution in [2.75, 3.05) is 27.1 Å². The van der Waals surface area contributed by atoms with Crippen LogP contribution < -0.4 is 0 Å². The molecule has 0 radical (unpaired) electrons. The van der Waals surface area contributed by atoms with Crippen molar-refractivity contribution < 1.29 is 28.8 Å². The molecule has 6 nitrogen and oxygen atoms in total. The summed E-state index contributed by atoms with van der Waals surface area (Å²) in [6, 6.07) is 10.2. The number of unbranched alkanes of at least 4 members (excludes halogenated alkanes) is 1. The summed E-state index contributed by atoms with van der Waals surface area (Å²) in [4.78, 5) is 11.9. The minimum atomic E-state index is -0.375. The van der Waals surface area contributed by atoms with Crippen molar-refractivity contribution in [1.82, 2.24) is 0 Å². The summed E-state index contributed by atoms with van der Waals surface area (Å²) in [7, 11) is 1.54. The molecule has 0 heterocycles. The Hall–Kier alpha value is -1.73. The Morgan fingerprint density at radius 2 is 1.97 bits per heavy atom. The third-order valence-corrected chi connectivity index (χ3v) is 4.69. The van der Waals surface area contributed by atoms with Crippen molar-refractivity contribution in [2.24, 2.45) is 5.92 Å². The average Bonchev–Trinajstić information content (AvgIpc) is 2.75. The number of rotatable bonds is 17. The van der Waals surface area contributed by atoms with Crippen LogP contribution >= 0.6 is 0 Å². The van der Waals surface area contributed by atoms with Gasteiger partial charge < -0.3 is 24.1 Å². The van der Waals surface area contributed by atoms with Gasteiger partial charge in [0.05, 0.1) is 38.4 Å². The Balaban J connectivity index is 2.39. The number of carbonyl (C=O) groups is 1. The summed E-state index contributed by atoms with van der Waals surface area (Å²) < 4.78 is 21.3. The van der Waals surface area contributed by atoms with Crippen LogP contribution in [0.1, 0.15) is 51.5 Å². The smallest absolute Gasteiger partial charge is 0.306 e. The van der Waals surface area contributed by atoms with Crippen molar-refractivity contribution in [3.8, 4) is 0 Å². The minimum absolute atomic E-state index is 0.0511. The van der Waals surface area contributed by atoms with E-state index in [1.54, 1.807) is 6.92 Å². The third-order valence-electron chi connectivity index (χ3n) is 4.69. The molecule has 0 saturated carbocycles. The number of hydrogen-bond donors (Lipinski definition) is 1. The molecule has 0 aromatic heterocycles. The lowest BCUT2D eigenvalue weighted by Gasteiger charge is -2.19. The molecule has 0 fully saturated rings. The molecule has 0 saturated heterocycles. The molecule has 0 unspecified atom stereocenters. The summed E-state index contributed by atoms with van der Waals surface area (Å²) >= 11 is 0. The van der Waals surface area contributed by atoms with Crippen LogP contribution in [0.3, 0.4) is 0 Å². The molecule has 30 heavy (non-hydrogen) atoms. The highest BCUT2D eigenvalue weighted by Crippen LogP contribution is 2.18. The van der Waals surface area contributed by atoms with Gasteiger partial charge in [0.1, 0.15) is 6.79 Å². The highest BCUT2D eigenvalue weighted by atomic mass is 16.7. The molecule has 1 rings (SSSR count). The molecule has 1 aromatic rings. The van der Waals surface area contributed by atoms with Crippen LogP contribution in [0.15, 0.2) is 42.5 Å². The predicted octanol–water partition coefficient (Wildman–Crippen LogP) is 4.26. The molecule has 0 bridgehead atoms. The number of carbonyl (C=O) groups excluding carboxylic acids is 1. The lowest BCUT2D eigenvalue weighted by Crippen LogP contribution is -2.23. The van der Waals surface area contributed by atoms with Crippen molar-refractivity contribution in [3.63, 3.8) is 0 Å². The molecule has 1 aromatic carbocycles. The zero-order valence-electron chi connectivity index (χ0n) is 18.6. The van der Waals surface area contributed by atoms with Gasteiger partial charge in [-0.15, -0.1) is 0 Å². The summed E-state index contributed by atoms with van der Waals surface area (Å²) in [6.45, 7) is 4.87. The predicted molar refractivity (Wildman–Crippen MR) is 117 cm³/mol. The molecule has 0 aliphatic carbocycles. The second-order valence-electron chi connectivity index (χ2n) is 7.35. The van der Waals surface area contributed by atoms with E-state index in [1.807, 2.05) is 24.3 Å². The Kier molecular flexibility index (Phi) is 14.9. The third kappa shape index (κ3) is 12.8. The van der Waals surface area contributed by atoms with Crippen molar-refractivity contribution in [2.45, 2.75) is 64.8 Å². The molecule has 0 aliphatic heterocycles. The quantitative estimate of drug-likeness (QED) is 0.175. The van der Waals surface area contributed by atoms with Crippen LogP contribution in [-0.2, 0) is 30.3 Å². The van der Waals surface area contributed by atoms with E-state index in [4.69, 9.17) is 18.9 Å². The first kappa shape index (κ1) is 26.3. The SMILES string of the molecule is CCOC(=O)C[C@H](/C=C/CCC[C@H](C)OCc1ccccc1)C[C@@H](CO)OCOC. The fraction of sp³-hybridized carbons (Fsp3) is 0.625. The number of ether oxygens (including phenoxy) is 4. The van der Waals surface area contributed by atoms with Crippen molar-refractivity contribution in [1.29, 1.82) is 0 Å². The van der Waals surface area contributed by atoms with Crippen molar-refractivity contribution >= 4 is 5.97 Å². The van der Waals surface area contributed by atoms with Gasteiger partial charge in [0.2, 0.25) is 0 Å². The standard InChI is InChI=1S/C24H38O6/c1-4-28-24(26)16-22(15-23(17-25)30-19-27-3)14-10-5-7-11-20(2)29-18-21-12-8-6-9-13-21/h6,8-10,12-14,20,22-23,25H,4-5,7,11,15-19H2,1-3H3/b14-10+/t20-,22+,23-/m0/s1. The topological polar surface area (TPSA) is 74.2 Å². The van der Waals surface area contributed by atoms with Crippen LogP contribution in [0.2, 0.25) is 0 Å². The van der Waals surface area contributed by atoms with Crippen molar-refractivity contribution in [3.05, 3.63) is 48.0 Å². The average molecular weight is 423 g/mol. The molecule has 0 amide bonds. The van der Waals surface area contributed by atoms with E-state index in [2.05, 4.69) is 25.1 Å². The van der Waals surface area contributed by atoms with Gasteiger partial charge in [0.15, 0.2) is 0 Å². The molecule has 170 valence electrons. The molecule has 3 atom stereocenters. The first-order valence-corrected chi connectivity index (χ1v) is 10.8. The minimum Gasteiger partial charge on any atom is -0.466 e.